The molecular formula is C24H30N4O2. The van der Waals surface area contributed by atoms with Crippen LogP contribution < -0.4 is 5.32 Å². The molecule has 0 spiro atoms. The topological polar surface area (TPSA) is 58.9 Å². The molecule has 4 rings (SSSR count). The van der Waals surface area contributed by atoms with Crippen LogP contribution in [0.25, 0.3) is 16.9 Å². The van der Waals surface area contributed by atoms with Crippen molar-refractivity contribution in [1.82, 2.24) is 19.6 Å². The minimum Gasteiger partial charge on any atom is -0.444 e. The van der Waals surface area contributed by atoms with Gasteiger partial charge in [-0.2, -0.15) is 0 Å². The molecule has 2 aromatic heterocycles. The van der Waals surface area contributed by atoms with Gasteiger partial charge in [-0.1, -0.05) is 36.4 Å². The summed E-state index contributed by atoms with van der Waals surface area (Å²) in [7, 11) is 0. The summed E-state index contributed by atoms with van der Waals surface area (Å²) in [5.74, 6) is 0. The summed E-state index contributed by atoms with van der Waals surface area (Å²) >= 11 is 0. The monoisotopic (exact) mass is 406 g/mol. The van der Waals surface area contributed by atoms with Crippen molar-refractivity contribution in [2.24, 2.45) is 0 Å². The molecule has 0 radical (unpaired) electrons. The second-order valence-electron chi connectivity index (χ2n) is 8.90. The number of fused-ring (bicyclic) bond motifs is 1. The number of amides is 1. The van der Waals surface area contributed by atoms with Gasteiger partial charge in [0.15, 0.2) is 0 Å². The number of nitrogens with one attached hydrogen (secondary N) is 1. The number of imidazole rings is 1. The Hall–Kier alpha value is -2.86. The third-order valence-electron chi connectivity index (χ3n) is 5.36. The Morgan fingerprint density at radius 2 is 1.80 bits per heavy atom. The highest BCUT2D eigenvalue weighted by atomic mass is 16.6. The van der Waals surface area contributed by atoms with Crippen molar-refractivity contribution >= 4 is 11.7 Å². The smallest absolute Gasteiger partial charge is 0.407 e. The molecule has 3 heterocycles. The highest BCUT2D eigenvalue weighted by Gasteiger charge is 2.25. The third kappa shape index (κ3) is 4.82. The van der Waals surface area contributed by atoms with E-state index in [9.17, 15) is 4.79 Å². The zero-order valence-corrected chi connectivity index (χ0v) is 18.0. The first-order valence-electron chi connectivity index (χ1n) is 10.6. The molecule has 0 unspecified atom stereocenters. The highest BCUT2D eigenvalue weighted by molar-refractivity contribution is 5.68. The number of carbonyl (C=O) groups excluding carboxylic acids is 1. The molecule has 1 amide bonds. The minimum atomic E-state index is -0.471. The van der Waals surface area contributed by atoms with Crippen molar-refractivity contribution in [2.45, 2.75) is 51.8 Å². The lowest BCUT2D eigenvalue weighted by molar-refractivity contribution is 0.0477. The molecule has 0 aliphatic carbocycles. The molecule has 1 saturated heterocycles. The number of ether oxygens (including phenoxy) is 1. The first-order chi connectivity index (χ1) is 14.4. The molecule has 6 nitrogen and oxygen atoms in total. The molecule has 1 fully saturated rings. The number of rotatable bonds is 4. The summed E-state index contributed by atoms with van der Waals surface area (Å²) in [5.41, 5.74) is 3.87. The van der Waals surface area contributed by atoms with E-state index < -0.39 is 5.60 Å². The maximum atomic E-state index is 12.1. The van der Waals surface area contributed by atoms with Crippen LogP contribution >= 0.6 is 0 Å². The normalized spacial score (nSPS) is 16.0. The van der Waals surface area contributed by atoms with Gasteiger partial charge in [0.25, 0.3) is 0 Å². The van der Waals surface area contributed by atoms with Gasteiger partial charge < -0.3 is 14.5 Å². The molecular weight excluding hydrogens is 376 g/mol. The van der Waals surface area contributed by atoms with E-state index in [0.29, 0.717) is 0 Å². The predicted molar refractivity (Wildman–Crippen MR) is 118 cm³/mol. The second-order valence-corrected chi connectivity index (χ2v) is 8.90. The van der Waals surface area contributed by atoms with Crippen molar-refractivity contribution in [3.05, 3.63) is 60.4 Å². The first-order valence-corrected chi connectivity index (χ1v) is 10.6. The molecule has 30 heavy (non-hydrogen) atoms. The number of aromatic nitrogens is 2. The Labute approximate surface area is 177 Å². The van der Waals surface area contributed by atoms with Crippen LogP contribution in [0.15, 0.2) is 54.7 Å². The fourth-order valence-electron chi connectivity index (χ4n) is 3.95. The van der Waals surface area contributed by atoms with E-state index in [1.807, 2.05) is 45.0 Å². The summed E-state index contributed by atoms with van der Waals surface area (Å²) in [6, 6.07) is 16.6. The number of alkyl carbamates (subject to hydrolysis) is 1. The largest absolute Gasteiger partial charge is 0.444 e. The number of hydrogen-bond acceptors (Lipinski definition) is 4. The molecule has 1 aliphatic heterocycles. The maximum absolute atomic E-state index is 12.1. The number of likely N-dealkylation sites (tertiary alicyclic amines) is 1. The van der Waals surface area contributed by atoms with Crippen LogP contribution in [0.4, 0.5) is 4.79 Å². The fourth-order valence-corrected chi connectivity index (χ4v) is 3.95. The molecule has 6 heteroatoms. The van der Waals surface area contributed by atoms with Crippen molar-refractivity contribution < 1.29 is 9.53 Å². The van der Waals surface area contributed by atoms with Crippen molar-refractivity contribution in [1.29, 1.82) is 0 Å². The van der Waals surface area contributed by atoms with E-state index in [0.717, 1.165) is 49.4 Å². The number of pyridine rings is 1. The van der Waals surface area contributed by atoms with E-state index in [1.54, 1.807) is 0 Å². The van der Waals surface area contributed by atoms with Gasteiger partial charge in [0.05, 0.1) is 11.4 Å². The summed E-state index contributed by atoms with van der Waals surface area (Å²) in [6.45, 7) is 8.33. The maximum Gasteiger partial charge on any atom is 0.407 e. The fraction of sp³-hybridized carbons (Fsp3) is 0.417. The lowest BCUT2D eigenvalue weighted by atomic mass is 10.0. The number of nitrogens with zero attached hydrogens (tertiary/aromatic N) is 3. The standard InChI is InChI=1S/C24H30N4O2/c1-24(2,3)30-23(29)25-19-12-15-27(16-13-19)17-20-22(18-9-5-4-6-10-18)26-21-11-7-8-14-28(20)21/h4-11,14,19H,12-13,15-17H2,1-3H3,(H,25,29). The van der Waals surface area contributed by atoms with Gasteiger partial charge in [0.2, 0.25) is 0 Å². The molecule has 3 aromatic rings. The zero-order valence-electron chi connectivity index (χ0n) is 18.0. The van der Waals surface area contributed by atoms with Gasteiger partial charge in [-0.25, -0.2) is 9.78 Å². The van der Waals surface area contributed by atoms with Crippen LogP contribution in [-0.2, 0) is 11.3 Å². The van der Waals surface area contributed by atoms with Gasteiger partial charge in [0, 0.05) is 37.4 Å². The first kappa shape index (κ1) is 20.4. The average Bonchev–Trinajstić information content (AvgIpc) is 3.07. The molecule has 158 valence electrons. The Morgan fingerprint density at radius 1 is 1.10 bits per heavy atom. The number of carbonyl (C=O) groups is 1. The Bertz CT molecular complexity index is 999. The van der Waals surface area contributed by atoms with Gasteiger partial charge in [0.1, 0.15) is 11.2 Å². The van der Waals surface area contributed by atoms with E-state index >= 15 is 0 Å². The van der Waals surface area contributed by atoms with Crippen LogP contribution in [-0.4, -0.2) is 45.1 Å². The van der Waals surface area contributed by atoms with Crippen LogP contribution in [0.2, 0.25) is 0 Å². The zero-order chi connectivity index (χ0) is 21.1. The molecule has 0 atom stereocenters. The number of hydrogen-bond donors (Lipinski definition) is 1. The average molecular weight is 407 g/mol. The Balaban J connectivity index is 1.45. The summed E-state index contributed by atoms with van der Waals surface area (Å²) in [6.07, 6.45) is 3.59. The molecule has 0 saturated carbocycles. The van der Waals surface area contributed by atoms with Gasteiger partial charge >= 0.3 is 6.09 Å². The van der Waals surface area contributed by atoms with Gasteiger partial charge in [-0.15, -0.1) is 0 Å². The van der Waals surface area contributed by atoms with Crippen LogP contribution in [0.1, 0.15) is 39.3 Å². The lowest BCUT2D eigenvalue weighted by Crippen LogP contribution is -2.46. The number of benzene rings is 1. The van der Waals surface area contributed by atoms with E-state index in [-0.39, 0.29) is 12.1 Å². The summed E-state index contributed by atoms with van der Waals surface area (Å²) < 4.78 is 7.58. The van der Waals surface area contributed by atoms with Crippen LogP contribution in [0.3, 0.4) is 0 Å². The quantitative estimate of drug-likeness (QED) is 0.694. The van der Waals surface area contributed by atoms with E-state index in [1.165, 1.54) is 5.69 Å². The second kappa shape index (κ2) is 8.48. The molecule has 1 aliphatic rings. The van der Waals surface area contributed by atoms with Crippen molar-refractivity contribution in [2.75, 3.05) is 13.1 Å². The number of piperidine rings is 1. The van der Waals surface area contributed by atoms with Gasteiger partial charge in [-0.3, -0.25) is 4.90 Å². The summed E-state index contributed by atoms with van der Waals surface area (Å²) in [5, 5.41) is 3.02. The highest BCUT2D eigenvalue weighted by Crippen LogP contribution is 2.26. The SMILES string of the molecule is CC(C)(C)OC(=O)NC1CCN(Cc2c(-c3ccccc3)nc3ccccn23)CC1. The Morgan fingerprint density at radius 3 is 2.50 bits per heavy atom. The third-order valence-corrected chi connectivity index (χ3v) is 5.36. The van der Waals surface area contributed by atoms with Crippen molar-refractivity contribution in [3.63, 3.8) is 0 Å². The molecule has 1 N–H and O–H groups in total. The van der Waals surface area contributed by atoms with Crippen molar-refractivity contribution in [3.8, 4) is 11.3 Å². The van der Waals surface area contributed by atoms with E-state index in [2.05, 4.69) is 45.1 Å². The van der Waals surface area contributed by atoms with Crippen LogP contribution in [0, 0.1) is 0 Å². The van der Waals surface area contributed by atoms with Crippen LogP contribution in [0.5, 0.6) is 0 Å². The molecule has 1 aromatic carbocycles. The van der Waals surface area contributed by atoms with Gasteiger partial charge in [-0.05, 0) is 45.7 Å². The Kier molecular flexibility index (Phi) is 5.77. The lowest BCUT2D eigenvalue weighted by Gasteiger charge is -2.32. The van der Waals surface area contributed by atoms with E-state index in [4.69, 9.17) is 9.72 Å². The summed E-state index contributed by atoms with van der Waals surface area (Å²) in [4.78, 5) is 19.4. The molecule has 0 bridgehead atoms. The predicted octanol–water partition coefficient (Wildman–Crippen LogP) is 4.49. The minimum absolute atomic E-state index is 0.159.